The van der Waals surface area contributed by atoms with Crippen molar-refractivity contribution in [1.82, 2.24) is 9.78 Å². The van der Waals surface area contributed by atoms with Crippen molar-refractivity contribution < 1.29 is 13.2 Å². The Labute approximate surface area is 118 Å². The largest absolute Gasteiger partial charge is 0.385 e. The van der Waals surface area contributed by atoms with Crippen molar-refractivity contribution >= 4 is 26.6 Å². The Balaban J connectivity index is 2.04. The number of benzene rings is 1. The molecule has 0 bridgehead atoms. The normalized spacial score (nSPS) is 11.9. The molecule has 6 nitrogen and oxygen atoms in total. The van der Waals surface area contributed by atoms with Crippen LogP contribution in [0, 0.1) is 0 Å². The van der Waals surface area contributed by atoms with Gasteiger partial charge in [-0.1, -0.05) is 0 Å². The highest BCUT2D eigenvalue weighted by atomic mass is 32.2. The lowest BCUT2D eigenvalue weighted by Crippen LogP contribution is -2.17. The van der Waals surface area contributed by atoms with Crippen LogP contribution in [0.1, 0.15) is 12.8 Å². The van der Waals surface area contributed by atoms with Crippen molar-refractivity contribution in [2.24, 2.45) is 7.05 Å². The molecule has 2 aromatic rings. The lowest BCUT2D eigenvalue weighted by molar-refractivity contribution is 0.194. The molecular formula is C13H19N3O3S. The van der Waals surface area contributed by atoms with E-state index in [1.54, 1.807) is 30.1 Å². The van der Waals surface area contributed by atoms with Gasteiger partial charge in [-0.3, -0.25) is 9.40 Å². The number of hydrogen-bond donors (Lipinski definition) is 1. The van der Waals surface area contributed by atoms with E-state index in [9.17, 15) is 8.42 Å². The van der Waals surface area contributed by atoms with Crippen LogP contribution >= 0.6 is 0 Å². The zero-order valence-electron chi connectivity index (χ0n) is 11.7. The number of sulfonamides is 1. The zero-order chi connectivity index (χ0) is 14.6. The highest BCUT2D eigenvalue weighted by molar-refractivity contribution is 7.92. The molecule has 0 radical (unpaired) electrons. The fraction of sp³-hybridized carbons (Fsp3) is 0.462. The molecule has 0 aliphatic carbocycles. The molecule has 110 valence electrons. The van der Waals surface area contributed by atoms with Gasteiger partial charge in [0.25, 0.3) is 0 Å². The van der Waals surface area contributed by atoms with Gasteiger partial charge < -0.3 is 4.74 Å². The summed E-state index contributed by atoms with van der Waals surface area (Å²) in [6.07, 6.45) is 3.06. The number of aromatic nitrogens is 2. The second-order valence-corrected chi connectivity index (χ2v) is 6.50. The number of nitrogens with one attached hydrogen (secondary N) is 1. The van der Waals surface area contributed by atoms with Gasteiger partial charge in [-0.15, -0.1) is 0 Å². The average Bonchev–Trinajstić information content (AvgIpc) is 2.76. The first-order chi connectivity index (χ1) is 9.52. The molecule has 2 rings (SSSR count). The standard InChI is InChI=1S/C13H19N3O3S/c1-16-13-9-12(6-5-11(13)10-14-16)15-20(17,18)8-4-3-7-19-2/h5-6,9-10,15H,3-4,7-8H2,1-2H3. The molecule has 0 fully saturated rings. The van der Waals surface area contributed by atoms with E-state index < -0.39 is 10.0 Å². The maximum atomic E-state index is 11.9. The van der Waals surface area contributed by atoms with Crippen LogP contribution in [0.5, 0.6) is 0 Å². The summed E-state index contributed by atoms with van der Waals surface area (Å²) in [4.78, 5) is 0. The quantitative estimate of drug-likeness (QED) is 0.790. The van der Waals surface area contributed by atoms with Crippen LogP contribution in [0.15, 0.2) is 24.4 Å². The summed E-state index contributed by atoms with van der Waals surface area (Å²) in [6, 6.07) is 5.39. The average molecular weight is 297 g/mol. The number of nitrogens with zero attached hydrogens (tertiary/aromatic N) is 2. The predicted molar refractivity (Wildman–Crippen MR) is 79.2 cm³/mol. The minimum absolute atomic E-state index is 0.0970. The number of fused-ring (bicyclic) bond motifs is 1. The third-order valence-corrected chi connectivity index (χ3v) is 4.41. The van der Waals surface area contributed by atoms with Crippen LogP contribution in [-0.4, -0.2) is 37.7 Å². The van der Waals surface area contributed by atoms with Crippen LogP contribution in [0.2, 0.25) is 0 Å². The van der Waals surface area contributed by atoms with E-state index in [2.05, 4.69) is 9.82 Å². The Bertz CT molecular complexity index is 679. The SMILES string of the molecule is COCCCCS(=O)(=O)Nc1ccc2cnn(C)c2c1. The highest BCUT2D eigenvalue weighted by Crippen LogP contribution is 2.19. The first kappa shape index (κ1) is 14.8. The Morgan fingerprint density at radius 2 is 2.15 bits per heavy atom. The van der Waals surface area contributed by atoms with Gasteiger partial charge in [-0.25, -0.2) is 8.42 Å². The highest BCUT2D eigenvalue weighted by Gasteiger charge is 2.11. The summed E-state index contributed by atoms with van der Waals surface area (Å²) in [6.45, 7) is 0.580. The van der Waals surface area contributed by atoms with E-state index in [-0.39, 0.29) is 5.75 Å². The van der Waals surface area contributed by atoms with Crippen molar-refractivity contribution in [1.29, 1.82) is 0 Å². The summed E-state index contributed by atoms with van der Waals surface area (Å²) in [5.41, 5.74) is 1.46. The van der Waals surface area contributed by atoms with Crippen LogP contribution in [0.3, 0.4) is 0 Å². The molecule has 0 aliphatic heterocycles. The molecule has 7 heteroatoms. The summed E-state index contributed by atoms with van der Waals surface area (Å²) in [7, 11) is 0.117. The number of anilines is 1. The fourth-order valence-corrected chi connectivity index (χ4v) is 3.15. The molecule has 1 heterocycles. The minimum Gasteiger partial charge on any atom is -0.385 e. The van der Waals surface area contributed by atoms with Gasteiger partial charge in [-0.05, 0) is 31.0 Å². The third kappa shape index (κ3) is 3.71. The molecule has 20 heavy (non-hydrogen) atoms. The van der Waals surface area contributed by atoms with Crippen LogP contribution in [0.4, 0.5) is 5.69 Å². The Kier molecular flexibility index (Phi) is 4.61. The maximum absolute atomic E-state index is 11.9. The number of aryl methyl sites for hydroxylation is 1. The summed E-state index contributed by atoms with van der Waals surface area (Å²) in [5, 5.41) is 5.11. The molecule has 0 saturated carbocycles. The van der Waals surface area contributed by atoms with Crippen molar-refractivity contribution in [3.63, 3.8) is 0 Å². The molecular weight excluding hydrogens is 278 g/mol. The van der Waals surface area contributed by atoms with Gasteiger partial charge in [0.05, 0.1) is 23.2 Å². The van der Waals surface area contributed by atoms with E-state index in [0.29, 0.717) is 18.7 Å². The predicted octanol–water partition coefficient (Wildman–Crippen LogP) is 1.74. The van der Waals surface area contributed by atoms with Gasteiger partial charge in [0.15, 0.2) is 0 Å². The number of methoxy groups -OCH3 is 1. The fourth-order valence-electron chi connectivity index (χ4n) is 1.98. The van der Waals surface area contributed by atoms with Gasteiger partial charge in [0.1, 0.15) is 0 Å². The van der Waals surface area contributed by atoms with E-state index >= 15 is 0 Å². The smallest absolute Gasteiger partial charge is 0.232 e. The van der Waals surface area contributed by atoms with Crippen LogP contribution in [-0.2, 0) is 21.8 Å². The lowest BCUT2D eigenvalue weighted by atomic mass is 10.2. The third-order valence-electron chi connectivity index (χ3n) is 3.03. The maximum Gasteiger partial charge on any atom is 0.232 e. The molecule has 1 aromatic carbocycles. The van der Waals surface area contributed by atoms with Crippen LogP contribution < -0.4 is 4.72 Å². The van der Waals surface area contributed by atoms with Crippen molar-refractivity contribution in [3.8, 4) is 0 Å². The number of ether oxygens (including phenoxy) is 1. The molecule has 0 amide bonds. The summed E-state index contributed by atoms with van der Waals surface area (Å²) >= 11 is 0. The van der Waals surface area contributed by atoms with E-state index in [0.717, 1.165) is 17.3 Å². The van der Waals surface area contributed by atoms with E-state index in [4.69, 9.17) is 4.74 Å². The van der Waals surface area contributed by atoms with E-state index in [1.165, 1.54) is 0 Å². The monoisotopic (exact) mass is 297 g/mol. The number of hydrogen-bond acceptors (Lipinski definition) is 4. The van der Waals surface area contributed by atoms with Gasteiger partial charge in [0.2, 0.25) is 10.0 Å². The van der Waals surface area contributed by atoms with Gasteiger partial charge in [-0.2, -0.15) is 5.10 Å². The van der Waals surface area contributed by atoms with Gasteiger partial charge in [0, 0.05) is 26.2 Å². The minimum atomic E-state index is -3.31. The first-order valence-corrected chi connectivity index (χ1v) is 8.08. The number of rotatable bonds is 7. The van der Waals surface area contributed by atoms with Crippen LogP contribution in [0.25, 0.3) is 10.9 Å². The Hall–Kier alpha value is -1.60. The van der Waals surface area contributed by atoms with Crippen molar-refractivity contribution in [3.05, 3.63) is 24.4 Å². The first-order valence-electron chi connectivity index (χ1n) is 6.43. The topological polar surface area (TPSA) is 73.2 Å². The van der Waals surface area contributed by atoms with Crippen molar-refractivity contribution in [2.75, 3.05) is 24.2 Å². The van der Waals surface area contributed by atoms with E-state index in [1.807, 2.05) is 13.1 Å². The Morgan fingerprint density at radius 1 is 1.35 bits per heavy atom. The molecule has 0 unspecified atom stereocenters. The lowest BCUT2D eigenvalue weighted by Gasteiger charge is -2.08. The number of unbranched alkanes of at least 4 members (excludes halogenated alkanes) is 1. The Morgan fingerprint density at radius 3 is 2.90 bits per heavy atom. The summed E-state index contributed by atoms with van der Waals surface area (Å²) in [5.74, 6) is 0.0970. The molecule has 0 spiro atoms. The second-order valence-electron chi connectivity index (χ2n) is 4.66. The summed E-state index contributed by atoms with van der Waals surface area (Å²) < 4.78 is 33.1. The molecule has 1 N–H and O–H groups in total. The van der Waals surface area contributed by atoms with Gasteiger partial charge >= 0.3 is 0 Å². The van der Waals surface area contributed by atoms with Crippen molar-refractivity contribution in [2.45, 2.75) is 12.8 Å². The zero-order valence-corrected chi connectivity index (χ0v) is 12.5. The molecule has 0 saturated heterocycles. The molecule has 0 aliphatic rings. The second kappa shape index (κ2) is 6.23. The molecule has 1 aromatic heterocycles. The molecule has 0 atom stereocenters.